The Kier molecular flexibility index (Phi) is 5.08. The van der Waals surface area contributed by atoms with Crippen LogP contribution in [0, 0.1) is 0 Å². The van der Waals surface area contributed by atoms with Crippen molar-refractivity contribution in [3.05, 3.63) is 39.2 Å². The molecule has 0 saturated carbocycles. The summed E-state index contributed by atoms with van der Waals surface area (Å²) in [5.74, 6) is -0.524. The predicted octanol–water partition coefficient (Wildman–Crippen LogP) is 2.10. The van der Waals surface area contributed by atoms with Gasteiger partial charge in [0.2, 0.25) is 0 Å². The molecule has 1 amide bonds. The third-order valence-corrected chi connectivity index (χ3v) is 4.78. The van der Waals surface area contributed by atoms with Gasteiger partial charge in [-0.2, -0.15) is 0 Å². The summed E-state index contributed by atoms with van der Waals surface area (Å²) in [7, 11) is 1.30. The summed E-state index contributed by atoms with van der Waals surface area (Å²) in [6.07, 6.45) is 1.30. The van der Waals surface area contributed by atoms with Gasteiger partial charge < -0.3 is 18.8 Å². The largest absolute Gasteiger partial charge is 0.482 e. The first kappa shape index (κ1) is 17.5. The Morgan fingerprint density at radius 1 is 1.36 bits per heavy atom. The lowest BCUT2D eigenvalue weighted by Gasteiger charge is -2.22. The number of carbonyl (C=O) groups is 2. The Morgan fingerprint density at radius 3 is 2.88 bits per heavy atom. The van der Waals surface area contributed by atoms with Crippen LogP contribution in [0.4, 0.5) is 0 Å². The monoisotopic (exact) mass is 409 g/mol. The zero-order valence-corrected chi connectivity index (χ0v) is 15.1. The van der Waals surface area contributed by atoms with Gasteiger partial charge >= 0.3 is 11.6 Å². The molecule has 1 aliphatic rings. The maximum absolute atomic E-state index is 12.5. The maximum Gasteiger partial charge on any atom is 0.354 e. The van der Waals surface area contributed by atoms with Gasteiger partial charge in [0.15, 0.2) is 12.4 Å². The highest BCUT2D eigenvalue weighted by Gasteiger charge is 2.35. The maximum atomic E-state index is 12.5. The molecule has 8 heteroatoms. The van der Waals surface area contributed by atoms with Crippen LogP contribution >= 0.6 is 15.9 Å². The van der Waals surface area contributed by atoms with Crippen LogP contribution in [-0.2, 0) is 14.3 Å². The van der Waals surface area contributed by atoms with Gasteiger partial charge in [0.05, 0.1) is 12.5 Å². The number of esters is 1. The fourth-order valence-electron chi connectivity index (χ4n) is 2.90. The van der Waals surface area contributed by atoms with Crippen molar-refractivity contribution >= 4 is 38.8 Å². The van der Waals surface area contributed by atoms with E-state index in [1.165, 1.54) is 12.0 Å². The summed E-state index contributed by atoms with van der Waals surface area (Å²) in [6.45, 7) is 0.181. The molecule has 0 spiro atoms. The van der Waals surface area contributed by atoms with Crippen molar-refractivity contribution in [3.63, 3.8) is 0 Å². The molecule has 1 aromatic heterocycles. The molecule has 1 aromatic carbocycles. The molecule has 2 heterocycles. The lowest BCUT2D eigenvalue weighted by molar-refractivity contribution is -0.151. The Bertz CT molecular complexity index is 877. The smallest absolute Gasteiger partial charge is 0.354 e. The van der Waals surface area contributed by atoms with E-state index in [2.05, 4.69) is 15.9 Å². The van der Waals surface area contributed by atoms with Gasteiger partial charge in [0, 0.05) is 6.54 Å². The van der Waals surface area contributed by atoms with E-state index >= 15 is 0 Å². The molecule has 1 aliphatic heterocycles. The van der Waals surface area contributed by atoms with Gasteiger partial charge in [0.25, 0.3) is 5.91 Å². The Hall–Kier alpha value is -2.35. The number of fused-ring (bicyclic) bond motifs is 1. The second kappa shape index (κ2) is 7.26. The quantitative estimate of drug-likeness (QED) is 0.567. The normalized spacial score (nSPS) is 16.9. The molecule has 25 heavy (non-hydrogen) atoms. The van der Waals surface area contributed by atoms with E-state index in [4.69, 9.17) is 13.9 Å². The summed E-state index contributed by atoms with van der Waals surface area (Å²) in [5, 5.41) is 0.577. The van der Waals surface area contributed by atoms with Crippen LogP contribution in [0.2, 0.25) is 0 Å². The van der Waals surface area contributed by atoms with Crippen molar-refractivity contribution in [2.24, 2.45) is 0 Å². The van der Waals surface area contributed by atoms with Crippen molar-refractivity contribution in [1.29, 1.82) is 0 Å². The first-order chi connectivity index (χ1) is 12.0. The molecule has 0 unspecified atom stereocenters. The highest BCUT2D eigenvalue weighted by atomic mass is 79.9. The van der Waals surface area contributed by atoms with Crippen molar-refractivity contribution in [1.82, 2.24) is 4.90 Å². The lowest BCUT2D eigenvalue weighted by atomic mass is 10.2. The molecule has 2 aromatic rings. The first-order valence-corrected chi connectivity index (χ1v) is 8.53. The van der Waals surface area contributed by atoms with E-state index in [1.54, 1.807) is 24.3 Å². The number of para-hydroxylation sites is 1. The van der Waals surface area contributed by atoms with Gasteiger partial charge in [-0.25, -0.2) is 9.59 Å². The molecule has 0 aliphatic carbocycles. The standard InChI is InChI=1S/C17H16BrNO6/c1-23-16(21)11-6-4-8-19(11)13(20)9-24-15-10-5-2-3-7-12(10)25-17(22)14(15)18/h2-3,5,7,11H,4,6,8-9H2,1H3/t11-/m0/s1. The van der Waals surface area contributed by atoms with E-state index in [1.807, 2.05) is 0 Å². The first-order valence-electron chi connectivity index (χ1n) is 7.74. The van der Waals surface area contributed by atoms with Crippen molar-refractivity contribution in [3.8, 4) is 5.75 Å². The minimum Gasteiger partial charge on any atom is -0.482 e. The van der Waals surface area contributed by atoms with Crippen molar-refractivity contribution in [2.75, 3.05) is 20.3 Å². The van der Waals surface area contributed by atoms with Gasteiger partial charge in [0.1, 0.15) is 16.1 Å². The predicted molar refractivity (Wildman–Crippen MR) is 92.4 cm³/mol. The second-order valence-electron chi connectivity index (χ2n) is 5.59. The number of methoxy groups -OCH3 is 1. The molecule has 7 nitrogen and oxygen atoms in total. The zero-order chi connectivity index (χ0) is 18.0. The highest BCUT2D eigenvalue weighted by Crippen LogP contribution is 2.31. The number of ether oxygens (including phenoxy) is 2. The Balaban J connectivity index is 1.81. The Morgan fingerprint density at radius 2 is 2.12 bits per heavy atom. The van der Waals surface area contributed by atoms with Crippen molar-refractivity contribution < 1.29 is 23.5 Å². The molecule has 0 N–H and O–H groups in total. The summed E-state index contributed by atoms with van der Waals surface area (Å²) in [4.78, 5) is 37.6. The topological polar surface area (TPSA) is 86.0 Å². The van der Waals surface area contributed by atoms with E-state index in [0.29, 0.717) is 23.9 Å². The van der Waals surface area contributed by atoms with E-state index in [0.717, 1.165) is 6.42 Å². The van der Waals surface area contributed by atoms with Crippen LogP contribution in [0.3, 0.4) is 0 Å². The number of benzene rings is 1. The average Bonchev–Trinajstić information content (AvgIpc) is 3.11. The van der Waals surface area contributed by atoms with E-state index in [-0.39, 0.29) is 22.7 Å². The summed E-state index contributed by atoms with van der Waals surface area (Å²) < 4.78 is 15.6. The van der Waals surface area contributed by atoms with Crippen LogP contribution in [-0.4, -0.2) is 43.1 Å². The van der Waals surface area contributed by atoms with Crippen LogP contribution in [0.5, 0.6) is 5.75 Å². The highest BCUT2D eigenvalue weighted by molar-refractivity contribution is 9.10. The molecule has 1 saturated heterocycles. The lowest BCUT2D eigenvalue weighted by Crippen LogP contribution is -2.43. The fraction of sp³-hybridized carbons (Fsp3) is 0.353. The van der Waals surface area contributed by atoms with Gasteiger partial charge in [-0.3, -0.25) is 4.79 Å². The number of amides is 1. The van der Waals surface area contributed by atoms with Crippen LogP contribution < -0.4 is 10.4 Å². The molecule has 1 atom stereocenters. The number of likely N-dealkylation sites (tertiary alicyclic amines) is 1. The van der Waals surface area contributed by atoms with E-state index < -0.39 is 17.6 Å². The second-order valence-corrected chi connectivity index (χ2v) is 6.38. The number of hydrogen-bond donors (Lipinski definition) is 0. The number of carbonyl (C=O) groups excluding carboxylic acids is 2. The van der Waals surface area contributed by atoms with Gasteiger partial charge in [-0.15, -0.1) is 0 Å². The Labute approximate surface area is 151 Å². The van der Waals surface area contributed by atoms with Gasteiger partial charge in [-0.05, 0) is 40.9 Å². The number of nitrogens with zero attached hydrogens (tertiary/aromatic N) is 1. The molecule has 0 bridgehead atoms. The van der Waals surface area contributed by atoms with Crippen molar-refractivity contribution in [2.45, 2.75) is 18.9 Å². The minimum absolute atomic E-state index is 0.116. The third kappa shape index (κ3) is 3.39. The molecule has 0 radical (unpaired) electrons. The molecule has 132 valence electrons. The molecular formula is C17H16BrNO6. The summed E-state index contributed by atoms with van der Waals surface area (Å²) >= 11 is 3.15. The van der Waals surface area contributed by atoms with Crippen LogP contribution in [0.1, 0.15) is 12.8 Å². The third-order valence-electron chi connectivity index (χ3n) is 4.10. The summed E-state index contributed by atoms with van der Waals surface area (Å²) in [5.41, 5.74) is -0.221. The molecular weight excluding hydrogens is 394 g/mol. The van der Waals surface area contributed by atoms with Crippen LogP contribution in [0.25, 0.3) is 11.0 Å². The number of halogens is 1. The number of rotatable bonds is 4. The molecule has 1 fully saturated rings. The minimum atomic E-state index is -0.588. The fourth-order valence-corrected chi connectivity index (χ4v) is 3.31. The SMILES string of the molecule is COC(=O)[C@@H]1CCCN1C(=O)COc1c(Br)c(=O)oc2ccccc12. The van der Waals surface area contributed by atoms with Gasteiger partial charge in [-0.1, -0.05) is 12.1 Å². The van der Waals surface area contributed by atoms with Crippen LogP contribution in [0.15, 0.2) is 37.9 Å². The zero-order valence-electron chi connectivity index (χ0n) is 13.5. The molecule has 3 rings (SSSR count). The number of hydrogen-bond acceptors (Lipinski definition) is 6. The summed E-state index contributed by atoms with van der Waals surface area (Å²) in [6, 6.07) is 6.31. The van der Waals surface area contributed by atoms with E-state index in [9.17, 15) is 14.4 Å². The average molecular weight is 410 g/mol.